The fourth-order valence-corrected chi connectivity index (χ4v) is 1.71. The molecular weight excluding hydrogens is 224 g/mol. The lowest BCUT2D eigenvalue weighted by atomic mass is 10.1. The Labute approximate surface area is 107 Å². The van der Waals surface area contributed by atoms with Crippen LogP contribution in [0.25, 0.3) is 0 Å². The fourth-order valence-electron chi connectivity index (χ4n) is 1.71. The molecule has 18 heavy (non-hydrogen) atoms. The van der Waals surface area contributed by atoms with Gasteiger partial charge in [-0.15, -0.1) is 0 Å². The summed E-state index contributed by atoms with van der Waals surface area (Å²) in [5, 5.41) is 3.24. The lowest BCUT2D eigenvalue weighted by Crippen LogP contribution is -1.99. The molecule has 0 aliphatic rings. The molecular formula is C14H18N4. The first-order valence-electron chi connectivity index (χ1n) is 6.07. The van der Waals surface area contributed by atoms with Crippen LogP contribution < -0.4 is 11.1 Å². The van der Waals surface area contributed by atoms with Gasteiger partial charge in [0.1, 0.15) is 5.82 Å². The van der Waals surface area contributed by atoms with Gasteiger partial charge >= 0.3 is 0 Å². The maximum absolute atomic E-state index is 5.60. The van der Waals surface area contributed by atoms with Crippen LogP contribution in [0, 0.1) is 5.92 Å². The monoisotopic (exact) mass is 242 g/mol. The van der Waals surface area contributed by atoms with Crippen molar-refractivity contribution in [1.82, 2.24) is 9.97 Å². The minimum atomic E-state index is 0.599. The third-order valence-electron chi connectivity index (χ3n) is 2.49. The molecule has 0 saturated heterocycles. The molecule has 2 aromatic rings. The number of anilines is 3. The Bertz CT molecular complexity index is 505. The van der Waals surface area contributed by atoms with Crippen LogP contribution >= 0.6 is 0 Å². The predicted octanol–water partition coefficient (Wildman–Crippen LogP) is 3.00. The summed E-state index contributed by atoms with van der Waals surface area (Å²) in [6, 6.07) is 7.67. The van der Waals surface area contributed by atoms with Crippen LogP contribution in [-0.2, 0) is 6.42 Å². The number of nitrogens with two attached hydrogens (primary N) is 1. The highest BCUT2D eigenvalue weighted by Crippen LogP contribution is 2.16. The van der Waals surface area contributed by atoms with Crippen molar-refractivity contribution in [3.63, 3.8) is 0 Å². The summed E-state index contributed by atoms with van der Waals surface area (Å²) in [4.78, 5) is 8.56. The van der Waals surface area contributed by atoms with Gasteiger partial charge in [-0.05, 0) is 36.6 Å². The van der Waals surface area contributed by atoms with E-state index < -0.39 is 0 Å². The van der Waals surface area contributed by atoms with Gasteiger partial charge in [0.15, 0.2) is 0 Å². The average Bonchev–Trinajstić information content (AvgIpc) is 2.32. The van der Waals surface area contributed by atoms with Crippen LogP contribution in [0.3, 0.4) is 0 Å². The summed E-state index contributed by atoms with van der Waals surface area (Å²) >= 11 is 0. The number of hydrogen-bond donors (Lipinski definition) is 2. The maximum Gasteiger partial charge on any atom is 0.130 e. The van der Waals surface area contributed by atoms with Crippen molar-refractivity contribution in [2.75, 3.05) is 11.1 Å². The predicted molar refractivity (Wildman–Crippen MR) is 74.7 cm³/mol. The van der Waals surface area contributed by atoms with Crippen molar-refractivity contribution in [2.24, 2.45) is 5.92 Å². The zero-order valence-corrected chi connectivity index (χ0v) is 10.7. The van der Waals surface area contributed by atoms with Crippen molar-refractivity contribution >= 4 is 17.2 Å². The SMILES string of the molecule is CC(C)Cc1cc(Nc2ccc(N)cn2)ccn1. The minimum Gasteiger partial charge on any atom is -0.397 e. The smallest absolute Gasteiger partial charge is 0.130 e. The molecule has 3 N–H and O–H groups in total. The van der Waals surface area contributed by atoms with Gasteiger partial charge in [0.25, 0.3) is 0 Å². The van der Waals surface area contributed by atoms with Crippen LogP contribution in [0.4, 0.5) is 17.2 Å². The van der Waals surface area contributed by atoms with Crippen LogP contribution in [0.2, 0.25) is 0 Å². The molecule has 2 heterocycles. The van der Waals surface area contributed by atoms with Gasteiger partial charge in [-0.1, -0.05) is 13.8 Å². The van der Waals surface area contributed by atoms with Gasteiger partial charge in [0.05, 0.1) is 11.9 Å². The molecule has 2 rings (SSSR count). The molecule has 0 radical (unpaired) electrons. The third-order valence-corrected chi connectivity index (χ3v) is 2.49. The molecule has 0 amide bonds. The van der Waals surface area contributed by atoms with Gasteiger partial charge in [0.2, 0.25) is 0 Å². The Morgan fingerprint density at radius 2 is 2.06 bits per heavy atom. The largest absolute Gasteiger partial charge is 0.397 e. The molecule has 0 unspecified atom stereocenters. The Morgan fingerprint density at radius 3 is 2.72 bits per heavy atom. The number of nitrogens with zero attached hydrogens (tertiary/aromatic N) is 2. The molecule has 4 heteroatoms. The quantitative estimate of drug-likeness (QED) is 0.865. The van der Waals surface area contributed by atoms with Gasteiger partial charge in [-0.25, -0.2) is 4.98 Å². The topological polar surface area (TPSA) is 63.8 Å². The summed E-state index contributed by atoms with van der Waals surface area (Å²) < 4.78 is 0. The molecule has 0 aliphatic carbocycles. The molecule has 2 aromatic heterocycles. The molecule has 94 valence electrons. The highest BCUT2D eigenvalue weighted by molar-refractivity contribution is 5.57. The molecule has 0 aromatic carbocycles. The zero-order chi connectivity index (χ0) is 13.0. The molecule has 0 saturated carbocycles. The third kappa shape index (κ3) is 3.45. The summed E-state index contributed by atoms with van der Waals surface area (Å²) in [6.45, 7) is 4.37. The summed E-state index contributed by atoms with van der Waals surface area (Å²) in [5.74, 6) is 1.38. The van der Waals surface area contributed by atoms with E-state index in [9.17, 15) is 0 Å². The lowest BCUT2D eigenvalue weighted by molar-refractivity contribution is 0.635. The van der Waals surface area contributed by atoms with Gasteiger partial charge in [-0.2, -0.15) is 0 Å². The van der Waals surface area contributed by atoms with E-state index in [0.717, 1.165) is 23.6 Å². The van der Waals surface area contributed by atoms with Crippen molar-refractivity contribution in [3.8, 4) is 0 Å². The first-order chi connectivity index (χ1) is 8.63. The highest BCUT2D eigenvalue weighted by Gasteiger charge is 2.01. The van der Waals surface area contributed by atoms with Crippen LogP contribution in [0.15, 0.2) is 36.7 Å². The van der Waals surface area contributed by atoms with Crippen LogP contribution in [0.1, 0.15) is 19.5 Å². The molecule has 0 atom stereocenters. The van der Waals surface area contributed by atoms with E-state index in [-0.39, 0.29) is 0 Å². The second kappa shape index (κ2) is 5.49. The molecule has 0 spiro atoms. The van der Waals surface area contributed by atoms with Crippen molar-refractivity contribution in [2.45, 2.75) is 20.3 Å². The molecule has 0 fully saturated rings. The number of aromatic nitrogens is 2. The summed E-state index contributed by atoms with van der Waals surface area (Å²) in [5.41, 5.74) is 8.35. The van der Waals surface area contributed by atoms with Crippen molar-refractivity contribution in [1.29, 1.82) is 0 Å². The van der Waals surface area contributed by atoms with Gasteiger partial charge < -0.3 is 11.1 Å². The lowest BCUT2D eigenvalue weighted by Gasteiger charge is -2.08. The Morgan fingerprint density at radius 1 is 1.22 bits per heavy atom. The van der Waals surface area contributed by atoms with Crippen LogP contribution in [0.5, 0.6) is 0 Å². The van der Waals surface area contributed by atoms with Crippen LogP contribution in [-0.4, -0.2) is 9.97 Å². The van der Waals surface area contributed by atoms with E-state index in [1.54, 1.807) is 6.20 Å². The summed E-state index contributed by atoms with van der Waals surface area (Å²) in [6.07, 6.45) is 4.43. The number of nitrogen functional groups attached to an aromatic ring is 1. The molecule has 4 nitrogen and oxygen atoms in total. The Hall–Kier alpha value is -2.10. The van der Waals surface area contributed by atoms with E-state index in [4.69, 9.17) is 5.73 Å². The zero-order valence-electron chi connectivity index (χ0n) is 10.7. The standard InChI is InChI=1S/C14H18N4/c1-10(2)7-13-8-12(5-6-16-13)18-14-4-3-11(15)9-17-14/h3-6,8-10H,7,15H2,1-2H3,(H,16,17,18). The maximum atomic E-state index is 5.60. The van der Waals surface area contributed by atoms with E-state index in [1.807, 2.05) is 24.4 Å². The van der Waals surface area contributed by atoms with Gasteiger partial charge in [-0.3, -0.25) is 4.98 Å². The van der Waals surface area contributed by atoms with E-state index in [1.165, 1.54) is 0 Å². The van der Waals surface area contributed by atoms with Crippen molar-refractivity contribution < 1.29 is 0 Å². The number of pyridine rings is 2. The first kappa shape index (κ1) is 12.4. The summed E-state index contributed by atoms with van der Waals surface area (Å²) in [7, 11) is 0. The molecule has 0 bridgehead atoms. The minimum absolute atomic E-state index is 0.599. The number of nitrogens with one attached hydrogen (secondary N) is 1. The number of rotatable bonds is 4. The normalized spacial score (nSPS) is 10.6. The average molecular weight is 242 g/mol. The van der Waals surface area contributed by atoms with Crippen molar-refractivity contribution in [3.05, 3.63) is 42.4 Å². The number of hydrogen-bond acceptors (Lipinski definition) is 4. The second-order valence-corrected chi connectivity index (χ2v) is 4.74. The first-order valence-corrected chi connectivity index (χ1v) is 6.07. The Kier molecular flexibility index (Phi) is 3.77. The Balaban J connectivity index is 2.11. The highest BCUT2D eigenvalue weighted by atomic mass is 15.0. The van der Waals surface area contributed by atoms with E-state index in [2.05, 4.69) is 35.2 Å². The van der Waals surface area contributed by atoms with E-state index >= 15 is 0 Å². The second-order valence-electron chi connectivity index (χ2n) is 4.74. The molecule has 0 aliphatic heterocycles. The fraction of sp³-hybridized carbons (Fsp3) is 0.286. The van der Waals surface area contributed by atoms with Gasteiger partial charge in [0, 0.05) is 17.6 Å². The van der Waals surface area contributed by atoms with E-state index in [0.29, 0.717) is 11.6 Å².